The molecule has 1 heterocycles. The molecule has 1 aliphatic rings. The van der Waals surface area contributed by atoms with Crippen molar-refractivity contribution in [3.63, 3.8) is 0 Å². The Bertz CT molecular complexity index is 669. The number of carbonyl (C=O) groups is 1. The van der Waals surface area contributed by atoms with E-state index in [-0.39, 0.29) is 12.1 Å². The SMILES string of the molecule is CC1Cc2ccccc2N1C(=O)Nc1cccc(CN)c1. The molecule has 3 rings (SSSR count). The number of amides is 2. The first kappa shape index (κ1) is 13.6. The number of para-hydroxylation sites is 1. The highest BCUT2D eigenvalue weighted by molar-refractivity contribution is 6.03. The van der Waals surface area contributed by atoms with Crippen LogP contribution in [-0.2, 0) is 13.0 Å². The average Bonchev–Trinajstić information content (AvgIpc) is 2.83. The summed E-state index contributed by atoms with van der Waals surface area (Å²) >= 11 is 0. The van der Waals surface area contributed by atoms with E-state index in [9.17, 15) is 4.79 Å². The van der Waals surface area contributed by atoms with Gasteiger partial charge in [0.15, 0.2) is 0 Å². The van der Waals surface area contributed by atoms with Crippen LogP contribution in [0.15, 0.2) is 48.5 Å². The monoisotopic (exact) mass is 281 g/mol. The lowest BCUT2D eigenvalue weighted by Gasteiger charge is -2.23. The molecule has 0 aromatic heterocycles. The van der Waals surface area contributed by atoms with E-state index in [1.165, 1.54) is 5.56 Å². The minimum Gasteiger partial charge on any atom is -0.326 e. The van der Waals surface area contributed by atoms with Crippen LogP contribution >= 0.6 is 0 Å². The van der Waals surface area contributed by atoms with Gasteiger partial charge in [-0.2, -0.15) is 0 Å². The van der Waals surface area contributed by atoms with Crippen molar-refractivity contribution in [2.45, 2.75) is 25.9 Å². The normalized spacial score (nSPS) is 16.7. The molecule has 0 bridgehead atoms. The van der Waals surface area contributed by atoms with E-state index in [0.717, 1.165) is 23.4 Å². The standard InChI is InChI=1S/C17H19N3O/c1-12-9-14-6-2-3-8-16(14)20(12)17(21)19-15-7-4-5-13(10-15)11-18/h2-8,10,12H,9,11,18H2,1H3,(H,19,21). The van der Waals surface area contributed by atoms with Gasteiger partial charge in [0.2, 0.25) is 0 Å². The van der Waals surface area contributed by atoms with Gasteiger partial charge in [-0.1, -0.05) is 30.3 Å². The molecule has 0 aliphatic carbocycles. The van der Waals surface area contributed by atoms with Crippen molar-refractivity contribution in [1.29, 1.82) is 0 Å². The highest BCUT2D eigenvalue weighted by Gasteiger charge is 2.30. The Labute approximate surface area is 124 Å². The first-order valence-electron chi connectivity index (χ1n) is 7.16. The lowest BCUT2D eigenvalue weighted by Crippen LogP contribution is -2.39. The van der Waals surface area contributed by atoms with Crippen molar-refractivity contribution < 1.29 is 4.79 Å². The predicted molar refractivity (Wildman–Crippen MR) is 85.4 cm³/mol. The second kappa shape index (κ2) is 5.58. The topological polar surface area (TPSA) is 58.4 Å². The predicted octanol–water partition coefficient (Wildman–Crippen LogP) is 3.13. The second-order valence-corrected chi connectivity index (χ2v) is 5.39. The Hall–Kier alpha value is -2.33. The van der Waals surface area contributed by atoms with Crippen LogP contribution in [0.5, 0.6) is 0 Å². The van der Waals surface area contributed by atoms with E-state index in [1.54, 1.807) is 0 Å². The van der Waals surface area contributed by atoms with Crippen LogP contribution in [0.25, 0.3) is 0 Å². The third kappa shape index (κ3) is 2.62. The summed E-state index contributed by atoms with van der Waals surface area (Å²) in [4.78, 5) is 14.4. The molecule has 0 saturated carbocycles. The van der Waals surface area contributed by atoms with E-state index < -0.39 is 0 Å². The van der Waals surface area contributed by atoms with Crippen molar-refractivity contribution in [1.82, 2.24) is 0 Å². The minimum atomic E-state index is -0.0957. The van der Waals surface area contributed by atoms with Gasteiger partial charge in [-0.25, -0.2) is 4.79 Å². The summed E-state index contributed by atoms with van der Waals surface area (Å²) < 4.78 is 0. The molecule has 0 radical (unpaired) electrons. The minimum absolute atomic E-state index is 0.0957. The van der Waals surface area contributed by atoms with Gasteiger partial charge in [-0.15, -0.1) is 0 Å². The number of hydrogen-bond acceptors (Lipinski definition) is 2. The summed E-state index contributed by atoms with van der Waals surface area (Å²) in [7, 11) is 0. The smallest absolute Gasteiger partial charge is 0.326 e. The zero-order valence-corrected chi connectivity index (χ0v) is 12.0. The van der Waals surface area contributed by atoms with Crippen molar-refractivity contribution in [2.24, 2.45) is 5.73 Å². The van der Waals surface area contributed by atoms with Crippen molar-refractivity contribution in [3.8, 4) is 0 Å². The van der Waals surface area contributed by atoms with Gasteiger partial charge in [0.25, 0.3) is 0 Å². The van der Waals surface area contributed by atoms with Gasteiger partial charge < -0.3 is 11.1 Å². The molecule has 0 fully saturated rings. The number of urea groups is 1. The Morgan fingerprint density at radius 1 is 1.29 bits per heavy atom. The highest BCUT2D eigenvalue weighted by Crippen LogP contribution is 2.32. The maximum atomic E-state index is 12.6. The lowest BCUT2D eigenvalue weighted by molar-refractivity contribution is 0.256. The summed E-state index contributed by atoms with van der Waals surface area (Å²) in [6, 6.07) is 15.8. The highest BCUT2D eigenvalue weighted by atomic mass is 16.2. The number of anilines is 2. The molecule has 1 atom stereocenters. The van der Waals surface area contributed by atoms with Gasteiger partial charge >= 0.3 is 6.03 Å². The molecule has 4 heteroatoms. The maximum Gasteiger partial charge on any atom is 0.326 e. The molecule has 3 N–H and O–H groups in total. The van der Waals surface area contributed by atoms with Crippen molar-refractivity contribution in [2.75, 3.05) is 10.2 Å². The van der Waals surface area contributed by atoms with Crippen LogP contribution in [0.3, 0.4) is 0 Å². The molecule has 2 aromatic carbocycles. The number of fused-ring (bicyclic) bond motifs is 1. The van der Waals surface area contributed by atoms with Crippen molar-refractivity contribution in [3.05, 3.63) is 59.7 Å². The number of rotatable bonds is 2. The first-order valence-corrected chi connectivity index (χ1v) is 7.16. The molecule has 1 unspecified atom stereocenters. The largest absolute Gasteiger partial charge is 0.326 e. The Morgan fingerprint density at radius 3 is 2.90 bits per heavy atom. The Kier molecular flexibility index (Phi) is 3.62. The van der Waals surface area contributed by atoms with Gasteiger partial charge in [0.05, 0.1) is 0 Å². The van der Waals surface area contributed by atoms with Gasteiger partial charge in [0.1, 0.15) is 0 Å². The second-order valence-electron chi connectivity index (χ2n) is 5.39. The van der Waals surface area contributed by atoms with E-state index in [1.807, 2.05) is 47.4 Å². The summed E-state index contributed by atoms with van der Waals surface area (Å²) in [6.07, 6.45) is 0.895. The number of carbonyl (C=O) groups excluding carboxylic acids is 1. The van der Waals surface area contributed by atoms with Crippen molar-refractivity contribution >= 4 is 17.4 Å². The van der Waals surface area contributed by atoms with Gasteiger partial charge in [-0.3, -0.25) is 4.90 Å². The molecule has 0 saturated heterocycles. The van der Waals surface area contributed by atoms with E-state index in [0.29, 0.717) is 6.54 Å². The van der Waals surface area contributed by atoms with E-state index in [4.69, 9.17) is 5.73 Å². The van der Waals surface area contributed by atoms with Crippen LogP contribution in [0.2, 0.25) is 0 Å². The van der Waals surface area contributed by atoms with E-state index >= 15 is 0 Å². The average molecular weight is 281 g/mol. The number of nitrogens with one attached hydrogen (secondary N) is 1. The third-order valence-corrected chi connectivity index (χ3v) is 3.84. The number of nitrogens with zero attached hydrogens (tertiary/aromatic N) is 1. The molecule has 21 heavy (non-hydrogen) atoms. The summed E-state index contributed by atoms with van der Waals surface area (Å²) in [5.41, 5.74) is 9.63. The number of benzene rings is 2. The summed E-state index contributed by atoms with van der Waals surface area (Å²) in [5.74, 6) is 0. The fourth-order valence-electron chi connectivity index (χ4n) is 2.83. The molecule has 0 spiro atoms. The zero-order chi connectivity index (χ0) is 14.8. The van der Waals surface area contributed by atoms with Crippen LogP contribution < -0.4 is 16.0 Å². The molecular formula is C17H19N3O. The fraction of sp³-hybridized carbons (Fsp3) is 0.235. The number of nitrogens with two attached hydrogens (primary N) is 1. The Morgan fingerprint density at radius 2 is 2.10 bits per heavy atom. The summed E-state index contributed by atoms with van der Waals surface area (Å²) in [5, 5.41) is 2.96. The quantitative estimate of drug-likeness (QED) is 0.888. The Balaban J connectivity index is 1.82. The third-order valence-electron chi connectivity index (χ3n) is 3.84. The van der Waals surface area contributed by atoms with Crippen LogP contribution in [0, 0.1) is 0 Å². The van der Waals surface area contributed by atoms with Crippen LogP contribution in [-0.4, -0.2) is 12.1 Å². The fourth-order valence-corrected chi connectivity index (χ4v) is 2.83. The van der Waals surface area contributed by atoms with E-state index in [2.05, 4.69) is 18.3 Å². The molecule has 2 amide bonds. The molecular weight excluding hydrogens is 262 g/mol. The van der Waals surface area contributed by atoms with Gasteiger partial charge in [0, 0.05) is 24.0 Å². The molecule has 108 valence electrons. The van der Waals surface area contributed by atoms with Gasteiger partial charge in [-0.05, 0) is 42.7 Å². The first-order chi connectivity index (χ1) is 10.2. The zero-order valence-electron chi connectivity index (χ0n) is 12.0. The number of hydrogen-bond donors (Lipinski definition) is 2. The molecule has 1 aliphatic heterocycles. The molecule has 4 nitrogen and oxygen atoms in total. The van der Waals surface area contributed by atoms with Crippen LogP contribution in [0.4, 0.5) is 16.2 Å². The maximum absolute atomic E-state index is 12.6. The van der Waals surface area contributed by atoms with Crippen LogP contribution in [0.1, 0.15) is 18.1 Å². The summed E-state index contributed by atoms with van der Waals surface area (Å²) in [6.45, 7) is 2.53. The molecule has 2 aromatic rings. The lowest BCUT2D eigenvalue weighted by atomic mass is 10.1.